The van der Waals surface area contributed by atoms with E-state index < -0.39 is 10.0 Å². The molecule has 0 radical (unpaired) electrons. The number of rotatable bonds is 5. The van der Waals surface area contributed by atoms with Gasteiger partial charge in [-0.3, -0.25) is 0 Å². The minimum Gasteiger partial charge on any atom is -0.207 e. The Morgan fingerprint density at radius 2 is 2.11 bits per heavy atom. The molecule has 1 heterocycles. The molecule has 1 aromatic heterocycles. The van der Waals surface area contributed by atoms with Crippen LogP contribution in [0.3, 0.4) is 0 Å². The van der Waals surface area contributed by atoms with Crippen molar-refractivity contribution in [2.24, 2.45) is 0 Å². The van der Waals surface area contributed by atoms with Gasteiger partial charge in [-0.25, -0.2) is 12.7 Å². The second kappa shape index (κ2) is 5.29. The first-order valence-electron chi connectivity index (χ1n) is 5.75. The number of hydrogen-bond donors (Lipinski definition) is 0. The lowest BCUT2D eigenvalue weighted by molar-refractivity contribution is 0.460. The molecule has 0 fully saturated rings. The van der Waals surface area contributed by atoms with Crippen molar-refractivity contribution in [3.63, 3.8) is 0 Å². The Morgan fingerprint density at radius 1 is 1.33 bits per heavy atom. The summed E-state index contributed by atoms with van der Waals surface area (Å²) >= 11 is 1.03. The highest BCUT2D eigenvalue weighted by atomic mass is 32.2. The van der Waals surface area contributed by atoms with Crippen molar-refractivity contribution < 1.29 is 8.42 Å². The highest BCUT2D eigenvalue weighted by Gasteiger charge is 2.23. The Labute approximate surface area is 111 Å². The molecule has 1 aromatic carbocycles. The summed E-state index contributed by atoms with van der Waals surface area (Å²) in [7, 11) is -1.87. The van der Waals surface area contributed by atoms with Crippen molar-refractivity contribution >= 4 is 32.8 Å². The van der Waals surface area contributed by atoms with E-state index in [1.165, 1.54) is 4.31 Å². The molecule has 0 spiro atoms. The molecule has 0 atom stereocenters. The monoisotopic (exact) mass is 285 g/mol. The van der Waals surface area contributed by atoms with Crippen LogP contribution in [-0.4, -0.2) is 35.1 Å². The molecule has 2 aromatic rings. The van der Waals surface area contributed by atoms with Gasteiger partial charge in [0.15, 0.2) is 0 Å². The number of fused-ring (bicyclic) bond motifs is 1. The zero-order valence-electron chi connectivity index (χ0n) is 10.3. The Hall–Kier alpha value is -1.05. The highest BCUT2D eigenvalue weighted by molar-refractivity contribution is 7.89. The molecule has 0 saturated heterocycles. The largest absolute Gasteiger partial charge is 0.245 e. The molecule has 0 aliphatic carbocycles. The number of sulfonamides is 1. The normalized spacial score (nSPS) is 12.4. The molecule has 0 amide bonds. The zero-order valence-corrected chi connectivity index (χ0v) is 12.0. The SMILES string of the molecule is CCCCN(C)S(=O)(=O)c1cccc2nsnc12. The minimum absolute atomic E-state index is 0.243. The average Bonchev–Trinajstić information content (AvgIpc) is 2.83. The van der Waals surface area contributed by atoms with E-state index in [0.717, 1.165) is 24.6 Å². The maximum absolute atomic E-state index is 12.4. The fraction of sp³-hybridized carbons (Fsp3) is 0.455. The number of nitrogens with zero attached hydrogens (tertiary/aromatic N) is 3. The van der Waals surface area contributed by atoms with E-state index in [1.807, 2.05) is 6.92 Å². The van der Waals surface area contributed by atoms with Gasteiger partial charge in [-0.1, -0.05) is 19.4 Å². The van der Waals surface area contributed by atoms with Crippen LogP contribution in [0.1, 0.15) is 19.8 Å². The number of benzene rings is 1. The summed E-state index contributed by atoms with van der Waals surface area (Å²) in [5.74, 6) is 0. The molecule has 0 unspecified atom stereocenters. The smallest absolute Gasteiger partial charge is 0.207 e. The number of unbranched alkanes of at least 4 members (excludes halogenated alkanes) is 1. The fourth-order valence-corrected chi connectivity index (χ4v) is 3.62. The maximum atomic E-state index is 12.4. The van der Waals surface area contributed by atoms with E-state index >= 15 is 0 Å². The van der Waals surface area contributed by atoms with Gasteiger partial charge in [0, 0.05) is 13.6 Å². The minimum atomic E-state index is -3.47. The van der Waals surface area contributed by atoms with Gasteiger partial charge in [0.25, 0.3) is 0 Å². The standard InChI is InChI=1S/C11H15N3O2S2/c1-3-4-8-14(2)18(15,16)10-7-5-6-9-11(10)13-17-12-9/h5-7H,3-4,8H2,1-2H3. The van der Waals surface area contributed by atoms with Crippen LogP contribution in [0.4, 0.5) is 0 Å². The summed E-state index contributed by atoms with van der Waals surface area (Å²) < 4.78 is 34.3. The van der Waals surface area contributed by atoms with Crippen LogP contribution in [0.15, 0.2) is 23.1 Å². The Kier molecular flexibility index (Phi) is 3.94. The summed E-state index contributed by atoms with van der Waals surface area (Å²) in [5.41, 5.74) is 1.09. The van der Waals surface area contributed by atoms with Crippen molar-refractivity contribution in [3.05, 3.63) is 18.2 Å². The van der Waals surface area contributed by atoms with E-state index in [1.54, 1.807) is 25.2 Å². The maximum Gasteiger partial charge on any atom is 0.245 e. The molecular formula is C11H15N3O2S2. The molecule has 0 bridgehead atoms. The van der Waals surface area contributed by atoms with Gasteiger partial charge < -0.3 is 0 Å². The van der Waals surface area contributed by atoms with Crippen LogP contribution in [-0.2, 0) is 10.0 Å². The van der Waals surface area contributed by atoms with Gasteiger partial charge in [0.05, 0.1) is 11.7 Å². The van der Waals surface area contributed by atoms with E-state index in [2.05, 4.69) is 8.75 Å². The van der Waals surface area contributed by atoms with Crippen molar-refractivity contribution in [1.29, 1.82) is 0 Å². The molecule has 18 heavy (non-hydrogen) atoms. The Morgan fingerprint density at radius 3 is 2.83 bits per heavy atom. The molecule has 0 N–H and O–H groups in total. The Balaban J connectivity index is 2.43. The fourth-order valence-electron chi connectivity index (χ4n) is 1.66. The van der Waals surface area contributed by atoms with Gasteiger partial charge in [-0.05, 0) is 18.6 Å². The van der Waals surface area contributed by atoms with Crippen LogP contribution in [0.2, 0.25) is 0 Å². The molecule has 2 rings (SSSR count). The van der Waals surface area contributed by atoms with Crippen LogP contribution in [0, 0.1) is 0 Å². The van der Waals surface area contributed by atoms with E-state index in [9.17, 15) is 8.42 Å². The van der Waals surface area contributed by atoms with Crippen molar-refractivity contribution in [2.75, 3.05) is 13.6 Å². The van der Waals surface area contributed by atoms with Gasteiger partial charge >= 0.3 is 0 Å². The molecule has 0 aliphatic heterocycles. The molecule has 5 nitrogen and oxygen atoms in total. The van der Waals surface area contributed by atoms with Gasteiger partial charge in [0.1, 0.15) is 15.9 Å². The summed E-state index contributed by atoms with van der Waals surface area (Å²) in [6, 6.07) is 5.05. The lowest BCUT2D eigenvalue weighted by atomic mass is 10.3. The van der Waals surface area contributed by atoms with Gasteiger partial charge in [-0.15, -0.1) is 0 Å². The Bertz CT molecular complexity index is 637. The third-order valence-electron chi connectivity index (χ3n) is 2.76. The summed E-state index contributed by atoms with van der Waals surface area (Å²) in [6.07, 6.45) is 1.81. The van der Waals surface area contributed by atoms with Crippen LogP contribution >= 0.6 is 11.7 Å². The molecule has 0 saturated carbocycles. The molecule has 98 valence electrons. The second-order valence-electron chi connectivity index (χ2n) is 4.07. The first-order valence-corrected chi connectivity index (χ1v) is 7.92. The van der Waals surface area contributed by atoms with Gasteiger partial charge in [-0.2, -0.15) is 8.75 Å². The first-order chi connectivity index (χ1) is 8.57. The summed E-state index contributed by atoms with van der Waals surface area (Å²) in [5, 5.41) is 0. The third kappa shape index (κ3) is 2.38. The van der Waals surface area contributed by atoms with E-state index in [0.29, 0.717) is 17.6 Å². The third-order valence-corrected chi connectivity index (χ3v) is 5.19. The lowest BCUT2D eigenvalue weighted by Crippen LogP contribution is -2.28. The van der Waals surface area contributed by atoms with Crippen molar-refractivity contribution in [1.82, 2.24) is 13.1 Å². The van der Waals surface area contributed by atoms with Gasteiger partial charge in [0.2, 0.25) is 10.0 Å². The van der Waals surface area contributed by atoms with E-state index in [-0.39, 0.29) is 4.90 Å². The number of aromatic nitrogens is 2. The van der Waals surface area contributed by atoms with Crippen molar-refractivity contribution in [2.45, 2.75) is 24.7 Å². The predicted molar refractivity (Wildman–Crippen MR) is 72.1 cm³/mol. The van der Waals surface area contributed by atoms with Crippen LogP contribution < -0.4 is 0 Å². The summed E-state index contributed by atoms with van der Waals surface area (Å²) in [6.45, 7) is 2.55. The van der Waals surface area contributed by atoms with Crippen molar-refractivity contribution in [3.8, 4) is 0 Å². The molecule has 0 aliphatic rings. The highest BCUT2D eigenvalue weighted by Crippen LogP contribution is 2.23. The second-order valence-corrected chi connectivity index (χ2v) is 6.61. The van der Waals surface area contributed by atoms with Crippen LogP contribution in [0.25, 0.3) is 11.0 Å². The quantitative estimate of drug-likeness (QED) is 0.844. The number of hydrogen-bond acceptors (Lipinski definition) is 5. The average molecular weight is 285 g/mol. The zero-order chi connectivity index (χ0) is 13.2. The molecule has 7 heteroatoms. The van der Waals surface area contributed by atoms with E-state index in [4.69, 9.17) is 0 Å². The van der Waals surface area contributed by atoms with Crippen LogP contribution in [0.5, 0.6) is 0 Å². The summed E-state index contributed by atoms with van der Waals surface area (Å²) in [4.78, 5) is 0.243. The lowest BCUT2D eigenvalue weighted by Gasteiger charge is -2.16. The predicted octanol–water partition coefficient (Wildman–Crippen LogP) is 2.11. The topological polar surface area (TPSA) is 63.2 Å². The molecular weight excluding hydrogens is 270 g/mol. The first kappa shape index (κ1) is 13.4.